The van der Waals surface area contributed by atoms with Crippen LogP contribution in [0.1, 0.15) is 38.5 Å². The molecule has 11 heteroatoms. The lowest BCUT2D eigenvalue weighted by Gasteiger charge is -2.42. The molecule has 37 heavy (non-hydrogen) atoms. The number of likely N-dealkylation sites (tertiary alicyclic amines) is 1. The third kappa shape index (κ3) is 5.71. The van der Waals surface area contributed by atoms with Crippen molar-refractivity contribution in [3.63, 3.8) is 0 Å². The van der Waals surface area contributed by atoms with Gasteiger partial charge >= 0.3 is 6.09 Å². The SMILES string of the molecule is COc1ccc(NC(=O)CN2C(=O)C(c3cccs3)=NC23CCN(C(=O)OC(C)(C)C)CC3)cc1OC. The average molecular weight is 529 g/mol. The minimum absolute atomic E-state index is 0.183. The first-order chi connectivity index (χ1) is 17.5. The summed E-state index contributed by atoms with van der Waals surface area (Å²) < 4.78 is 16.1. The number of nitrogens with one attached hydrogen (secondary N) is 1. The number of benzene rings is 1. The Labute approximate surface area is 220 Å². The smallest absolute Gasteiger partial charge is 0.410 e. The maximum atomic E-state index is 13.5. The van der Waals surface area contributed by atoms with Gasteiger partial charge in [-0.25, -0.2) is 9.79 Å². The second-order valence-corrected chi connectivity index (χ2v) is 10.8. The summed E-state index contributed by atoms with van der Waals surface area (Å²) in [4.78, 5) is 48.0. The standard InChI is InChI=1S/C26H32N4O6S/c1-25(2,3)36-24(33)29-12-10-26(11-13-29)28-22(20-7-6-14-37-20)23(32)30(26)16-21(31)27-17-8-9-18(34-4)19(15-17)35-5/h6-9,14-15H,10-13,16H2,1-5H3,(H,27,31). The molecule has 3 amide bonds. The van der Waals surface area contributed by atoms with Crippen LogP contribution in [-0.4, -0.2) is 78.5 Å². The number of thiophene rings is 1. The summed E-state index contributed by atoms with van der Waals surface area (Å²) in [6, 6.07) is 8.76. The van der Waals surface area contributed by atoms with Crippen molar-refractivity contribution in [3.05, 3.63) is 40.6 Å². The third-order valence-corrected chi connectivity index (χ3v) is 7.09. The summed E-state index contributed by atoms with van der Waals surface area (Å²) in [5, 5.41) is 4.72. The van der Waals surface area contributed by atoms with Gasteiger partial charge < -0.3 is 29.3 Å². The quantitative estimate of drug-likeness (QED) is 0.611. The highest BCUT2D eigenvalue weighted by molar-refractivity contribution is 7.13. The monoisotopic (exact) mass is 528 g/mol. The number of rotatable bonds is 6. The van der Waals surface area contributed by atoms with Gasteiger partial charge in [0.1, 0.15) is 23.5 Å². The molecule has 1 aromatic carbocycles. The highest BCUT2D eigenvalue weighted by Gasteiger charge is 2.50. The predicted octanol–water partition coefficient (Wildman–Crippen LogP) is 3.76. The van der Waals surface area contributed by atoms with Crippen molar-refractivity contribution in [2.24, 2.45) is 4.99 Å². The Morgan fingerprint density at radius 1 is 1.11 bits per heavy atom. The van der Waals surface area contributed by atoms with Crippen LogP contribution < -0.4 is 14.8 Å². The highest BCUT2D eigenvalue weighted by Crippen LogP contribution is 2.37. The molecule has 0 unspecified atom stereocenters. The number of carbonyl (C=O) groups excluding carboxylic acids is 3. The maximum Gasteiger partial charge on any atom is 0.410 e. The van der Waals surface area contributed by atoms with Crippen LogP contribution in [0.5, 0.6) is 11.5 Å². The molecule has 4 rings (SSSR count). The normalized spacial score (nSPS) is 17.0. The second-order valence-electron chi connectivity index (χ2n) is 9.90. The highest BCUT2D eigenvalue weighted by atomic mass is 32.1. The van der Waals surface area contributed by atoms with Crippen molar-refractivity contribution in [1.82, 2.24) is 9.80 Å². The van der Waals surface area contributed by atoms with Gasteiger partial charge in [-0.3, -0.25) is 9.59 Å². The zero-order valence-electron chi connectivity index (χ0n) is 21.7. The number of piperidine rings is 1. The molecule has 198 valence electrons. The summed E-state index contributed by atoms with van der Waals surface area (Å²) in [6.45, 7) is 6.00. The summed E-state index contributed by atoms with van der Waals surface area (Å²) in [6.07, 6.45) is 0.402. The first-order valence-corrected chi connectivity index (χ1v) is 12.9. The first kappa shape index (κ1) is 26.5. The van der Waals surface area contributed by atoms with E-state index in [0.29, 0.717) is 48.8 Å². The fraction of sp³-hybridized carbons (Fsp3) is 0.462. The van der Waals surface area contributed by atoms with Crippen LogP contribution in [0.15, 0.2) is 40.7 Å². The van der Waals surface area contributed by atoms with Crippen molar-refractivity contribution < 1.29 is 28.6 Å². The molecule has 3 heterocycles. The van der Waals surface area contributed by atoms with Gasteiger partial charge in [0.2, 0.25) is 5.91 Å². The number of aliphatic imine (C=N–C) groups is 1. The van der Waals surface area contributed by atoms with Crippen molar-refractivity contribution >= 4 is 40.6 Å². The van der Waals surface area contributed by atoms with Gasteiger partial charge in [0, 0.05) is 37.7 Å². The number of carbonyl (C=O) groups is 3. The maximum absolute atomic E-state index is 13.5. The third-order valence-electron chi connectivity index (χ3n) is 6.21. The van der Waals surface area contributed by atoms with Crippen LogP contribution in [-0.2, 0) is 14.3 Å². The fourth-order valence-electron chi connectivity index (χ4n) is 4.44. The van der Waals surface area contributed by atoms with Gasteiger partial charge in [-0.15, -0.1) is 11.3 Å². The second kappa shape index (κ2) is 10.4. The fourth-order valence-corrected chi connectivity index (χ4v) is 5.15. The molecule has 1 N–H and O–H groups in total. The molecule has 0 atom stereocenters. The summed E-state index contributed by atoms with van der Waals surface area (Å²) in [5.41, 5.74) is -0.653. The van der Waals surface area contributed by atoms with E-state index in [-0.39, 0.29) is 18.4 Å². The molecule has 0 aliphatic carbocycles. The number of anilines is 1. The number of amides is 3. The molecule has 0 radical (unpaired) electrons. The van der Waals surface area contributed by atoms with Gasteiger partial charge in [-0.1, -0.05) is 6.07 Å². The molecule has 1 spiro atoms. The minimum Gasteiger partial charge on any atom is -0.493 e. The Kier molecular flexibility index (Phi) is 7.44. The lowest BCUT2D eigenvalue weighted by molar-refractivity contribution is -0.134. The molecule has 0 bridgehead atoms. The van der Waals surface area contributed by atoms with E-state index in [1.165, 1.54) is 30.5 Å². The Balaban J connectivity index is 1.53. The van der Waals surface area contributed by atoms with E-state index in [1.54, 1.807) is 23.1 Å². The molecule has 0 saturated carbocycles. The minimum atomic E-state index is -0.913. The van der Waals surface area contributed by atoms with Gasteiger partial charge in [-0.05, 0) is 44.4 Å². The molecule has 1 fully saturated rings. The number of hydrogen-bond donors (Lipinski definition) is 1. The molecule has 1 aromatic heterocycles. The van der Waals surface area contributed by atoms with E-state index < -0.39 is 17.4 Å². The summed E-state index contributed by atoms with van der Waals surface area (Å²) in [5.74, 6) is 0.361. The number of ether oxygens (including phenoxy) is 3. The largest absolute Gasteiger partial charge is 0.493 e. The van der Waals surface area contributed by atoms with E-state index in [1.807, 2.05) is 38.3 Å². The summed E-state index contributed by atoms with van der Waals surface area (Å²) in [7, 11) is 3.05. The van der Waals surface area contributed by atoms with Crippen LogP contribution >= 0.6 is 11.3 Å². The zero-order valence-corrected chi connectivity index (χ0v) is 22.5. The van der Waals surface area contributed by atoms with E-state index >= 15 is 0 Å². The van der Waals surface area contributed by atoms with Gasteiger partial charge in [0.15, 0.2) is 11.5 Å². The number of methoxy groups -OCH3 is 2. The molecule has 2 aliphatic heterocycles. The Morgan fingerprint density at radius 2 is 1.81 bits per heavy atom. The van der Waals surface area contributed by atoms with E-state index in [4.69, 9.17) is 19.2 Å². The van der Waals surface area contributed by atoms with E-state index in [0.717, 1.165) is 4.88 Å². The van der Waals surface area contributed by atoms with E-state index in [2.05, 4.69) is 5.32 Å². The average Bonchev–Trinajstić information content (AvgIpc) is 3.47. The van der Waals surface area contributed by atoms with Gasteiger partial charge in [-0.2, -0.15) is 0 Å². The Hall–Kier alpha value is -3.60. The Morgan fingerprint density at radius 3 is 2.41 bits per heavy atom. The molecule has 2 aromatic rings. The molecular weight excluding hydrogens is 496 g/mol. The van der Waals surface area contributed by atoms with Gasteiger partial charge in [0.25, 0.3) is 5.91 Å². The predicted molar refractivity (Wildman–Crippen MR) is 141 cm³/mol. The van der Waals surface area contributed by atoms with E-state index in [9.17, 15) is 14.4 Å². The first-order valence-electron chi connectivity index (χ1n) is 12.0. The number of nitrogens with zero attached hydrogens (tertiary/aromatic N) is 3. The van der Waals surface area contributed by atoms with Crippen molar-refractivity contribution in [2.45, 2.75) is 44.9 Å². The van der Waals surface area contributed by atoms with Crippen molar-refractivity contribution in [2.75, 3.05) is 39.2 Å². The molecule has 2 aliphatic rings. The van der Waals surface area contributed by atoms with Crippen LogP contribution in [0, 0.1) is 0 Å². The van der Waals surface area contributed by atoms with Crippen molar-refractivity contribution in [1.29, 1.82) is 0 Å². The molecule has 10 nitrogen and oxygen atoms in total. The lowest BCUT2D eigenvalue weighted by Crippen LogP contribution is -2.56. The van der Waals surface area contributed by atoms with Gasteiger partial charge in [0.05, 0.1) is 19.1 Å². The summed E-state index contributed by atoms with van der Waals surface area (Å²) >= 11 is 1.43. The zero-order chi connectivity index (χ0) is 26.8. The van der Waals surface area contributed by atoms with Crippen LogP contribution in [0.25, 0.3) is 0 Å². The molecular formula is C26H32N4O6S. The molecule has 1 saturated heterocycles. The van der Waals surface area contributed by atoms with Crippen LogP contribution in [0.4, 0.5) is 10.5 Å². The topological polar surface area (TPSA) is 110 Å². The number of hydrogen-bond acceptors (Lipinski definition) is 8. The van der Waals surface area contributed by atoms with Crippen LogP contribution in [0.2, 0.25) is 0 Å². The van der Waals surface area contributed by atoms with Crippen LogP contribution in [0.3, 0.4) is 0 Å². The Bertz CT molecular complexity index is 1200. The lowest BCUT2D eigenvalue weighted by atomic mass is 9.96. The van der Waals surface area contributed by atoms with Crippen molar-refractivity contribution in [3.8, 4) is 11.5 Å².